The Morgan fingerprint density at radius 3 is 1.43 bits per heavy atom. The van der Waals surface area contributed by atoms with E-state index in [2.05, 4.69) is 62.8 Å². The average molecular weight is 1090 g/mol. The molecule has 10 amide bonds. The van der Waals surface area contributed by atoms with E-state index in [0.717, 1.165) is 10.9 Å². The molecule has 0 radical (unpaired) electrons. The number of aromatic nitrogens is 1. The summed E-state index contributed by atoms with van der Waals surface area (Å²) >= 11 is 0. The third-order valence-corrected chi connectivity index (χ3v) is 11.6. The molecule has 10 atom stereocenters. The second kappa shape index (κ2) is 31.3. The number of aliphatic imine (C=N–C) groups is 2. The maximum atomic E-state index is 14.1. The van der Waals surface area contributed by atoms with E-state index in [0.29, 0.717) is 5.56 Å². The minimum atomic E-state index is -1.76. The van der Waals surface area contributed by atoms with Gasteiger partial charge < -0.3 is 92.3 Å². The Kier molecular flexibility index (Phi) is 26.3. The molecule has 0 aliphatic carbocycles. The molecule has 0 spiro atoms. The molecule has 0 aliphatic heterocycles. The van der Waals surface area contributed by atoms with E-state index in [1.807, 2.05) is 0 Å². The highest BCUT2D eigenvalue weighted by molar-refractivity contribution is 5.99. The SMILES string of the molecule is CC(C)[C@H](NC(=O)[C@H](C)NC(=O)[C@H](C)NC(=O)[C@H](C)N)C(=O)N[C@@H](CCCN=C(N)N)C(=O)N[C@@H](CC(N)=O)C(=O)N[C@@H](C)C(=O)N[C@@H](CCCN=C(N)N)C(=O)N[C@@H](Cc1c[nH]c2ccccc12)C(=O)N[C@@H](C)C(=O)O. The minimum absolute atomic E-state index is 0.0115. The van der Waals surface area contributed by atoms with Gasteiger partial charge in [-0.2, -0.15) is 0 Å². The van der Waals surface area contributed by atoms with Crippen molar-refractivity contribution in [1.29, 1.82) is 0 Å². The second-order valence-corrected chi connectivity index (χ2v) is 18.7. The number of H-pyrrole nitrogens is 1. The maximum absolute atomic E-state index is 14.1. The fourth-order valence-corrected chi connectivity index (χ4v) is 7.17. The average Bonchev–Trinajstić information content (AvgIpc) is 3.75. The topological polar surface area (TPSA) is 513 Å². The number of carbonyl (C=O) groups excluding carboxylic acids is 10. The second-order valence-electron chi connectivity index (χ2n) is 18.7. The van der Waals surface area contributed by atoms with Crippen LogP contribution in [-0.4, -0.2) is 161 Å². The predicted octanol–water partition coefficient (Wildman–Crippen LogP) is -5.78. The van der Waals surface area contributed by atoms with E-state index in [4.69, 9.17) is 34.4 Å². The van der Waals surface area contributed by atoms with Crippen LogP contribution in [0.5, 0.6) is 0 Å². The molecule has 30 heteroatoms. The monoisotopic (exact) mass is 1080 g/mol. The normalized spacial score (nSPS) is 14.9. The molecule has 0 bridgehead atoms. The van der Waals surface area contributed by atoms with Crippen LogP contribution in [0.25, 0.3) is 10.9 Å². The Labute approximate surface area is 444 Å². The molecule has 426 valence electrons. The quantitative estimate of drug-likeness (QED) is 0.0184. The van der Waals surface area contributed by atoms with Gasteiger partial charge in [0.2, 0.25) is 59.1 Å². The van der Waals surface area contributed by atoms with E-state index in [1.54, 1.807) is 44.3 Å². The Bertz CT molecular complexity index is 2490. The van der Waals surface area contributed by atoms with Gasteiger partial charge in [-0.3, -0.25) is 62.7 Å². The van der Waals surface area contributed by atoms with Crippen molar-refractivity contribution in [2.24, 2.45) is 50.3 Å². The lowest BCUT2D eigenvalue weighted by Gasteiger charge is -2.28. The number of aromatic amines is 1. The molecule has 0 unspecified atom stereocenters. The molecule has 0 saturated heterocycles. The van der Waals surface area contributed by atoms with Crippen molar-refractivity contribution in [3.63, 3.8) is 0 Å². The van der Waals surface area contributed by atoms with Crippen LogP contribution < -0.4 is 82.3 Å². The minimum Gasteiger partial charge on any atom is -0.480 e. The first kappa shape index (κ1) is 64.5. The van der Waals surface area contributed by atoms with Crippen LogP contribution in [0, 0.1) is 5.92 Å². The highest BCUT2D eigenvalue weighted by atomic mass is 16.4. The molecule has 23 N–H and O–H groups in total. The van der Waals surface area contributed by atoms with Crippen molar-refractivity contribution >= 4 is 87.9 Å². The molecule has 0 aliphatic rings. The van der Waals surface area contributed by atoms with Crippen LogP contribution >= 0.6 is 0 Å². The summed E-state index contributed by atoms with van der Waals surface area (Å²) in [6.45, 7) is 9.77. The zero-order chi connectivity index (χ0) is 58.3. The standard InChI is InChI=1S/C47H76N18O12/c1-21(2)35(65-39(70)25(6)58-37(68)23(4)57-36(67)22(3)48)44(75)62-31(15-11-17-55-47(52)53)41(72)64-33(19-34(49)66)43(74)59-24(5)38(69)61-30(14-10-16-54-46(50)51)40(71)63-32(42(73)60-26(7)45(76)77)18-27-20-56-29-13-9-8-12-28(27)29/h8-9,12-13,20-26,30-33,35,56H,10-11,14-19,48H2,1-7H3,(H2,49,66)(H,57,67)(H,58,68)(H,59,74)(H,60,73)(H,61,69)(H,62,75)(H,63,71)(H,64,72)(H,65,70)(H,76,77)(H4,50,51,54)(H4,52,53,55)/t22-,23-,24-,25-,26-,30-,31-,32-,33-,35-/m0/s1. The van der Waals surface area contributed by atoms with Gasteiger partial charge in [0, 0.05) is 36.6 Å². The number of benzene rings is 1. The summed E-state index contributed by atoms with van der Waals surface area (Å²) in [5.41, 5.74) is 34.2. The number of primary amides is 1. The van der Waals surface area contributed by atoms with Crippen LogP contribution in [0.4, 0.5) is 0 Å². The highest BCUT2D eigenvalue weighted by Crippen LogP contribution is 2.20. The van der Waals surface area contributed by atoms with Crippen molar-refractivity contribution in [3.05, 3.63) is 36.0 Å². The fraction of sp³-hybridized carbons (Fsp3) is 0.553. The number of nitrogens with one attached hydrogen (secondary N) is 10. The lowest BCUT2D eigenvalue weighted by molar-refractivity contribution is -0.141. The van der Waals surface area contributed by atoms with Gasteiger partial charge >= 0.3 is 5.97 Å². The third kappa shape index (κ3) is 22.4. The molecule has 0 fully saturated rings. The van der Waals surface area contributed by atoms with Crippen LogP contribution in [0.2, 0.25) is 0 Å². The third-order valence-electron chi connectivity index (χ3n) is 11.6. The molecule has 0 saturated carbocycles. The number of carboxylic acid groups (broad SMARTS) is 1. The number of hydrogen-bond acceptors (Lipinski definition) is 14. The molecule has 2 aromatic rings. The van der Waals surface area contributed by atoms with Gasteiger partial charge in [-0.15, -0.1) is 0 Å². The number of carbonyl (C=O) groups is 11. The summed E-state index contributed by atoms with van der Waals surface area (Å²) < 4.78 is 0. The first-order chi connectivity index (χ1) is 36.0. The smallest absolute Gasteiger partial charge is 0.325 e. The van der Waals surface area contributed by atoms with Gasteiger partial charge in [-0.05, 0) is 77.8 Å². The predicted molar refractivity (Wildman–Crippen MR) is 282 cm³/mol. The molecule has 1 aromatic carbocycles. The molecule has 77 heavy (non-hydrogen) atoms. The Morgan fingerprint density at radius 2 is 0.935 bits per heavy atom. The molecule has 1 heterocycles. The molecular weight excluding hydrogens is 1010 g/mol. The van der Waals surface area contributed by atoms with E-state index < -0.39 is 138 Å². The van der Waals surface area contributed by atoms with Crippen molar-refractivity contribution in [1.82, 2.24) is 52.8 Å². The number of fused-ring (bicyclic) bond motifs is 1. The van der Waals surface area contributed by atoms with Gasteiger partial charge in [-0.25, -0.2) is 0 Å². The molecule has 1 aromatic heterocycles. The van der Waals surface area contributed by atoms with Gasteiger partial charge in [0.1, 0.15) is 54.4 Å². The lowest BCUT2D eigenvalue weighted by Crippen LogP contribution is -2.61. The number of rotatable bonds is 32. The number of para-hydroxylation sites is 1. The molecule has 30 nitrogen and oxygen atoms in total. The first-order valence-corrected chi connectivity index (χ1v) is 24.7. The summed E-state index contributed by atoms with van der Waals surface area (Å²) in [4.78, 5) is 156. The van der Waals surface area contributed by atoms with Crippen molar-refractivity contribution < 1.29 is 57.8 Å². The summed E-state index contributed by atoms with van der Waals surface area (Å²) in [5, 5.41) is 32.4. The number of hydrogen-bond donors (Lipinski definition) is 17. The number of amides is 10. The van der Waals surface area contributed by atoms with Gasteiger partial charge in [0.25, 0.3) is 0 Å². The van der Waals surface area contributed by atoms with Crippen LogP contribution in [0.15, 0.2) is 40.4 Å². The van der Waals surface area contributed by atoms with Crippen molar-refractivity contribution in [2.45, 2.75) is 147 Å². The van der Waals surface area contributed by atoms with Gasteiger partial charge in [0.15, 0.2) is 11.9 Å². The van der Waals surface area contributed by atoms with Gasteiger partial charge in [-0.1, -0.05) is 32.0 Å². The first-order valence-electron chi connectivity index (χ1n) is 24.7. The van der Waals surface area contributed by atoms with Crippen LogP contribution in [0.1, 0.15) is 86.1 Å². The Morgan fingerprint density at radius 1 is 0.519 bits per heavy atom. The fourth-order valence-electron chi connectivity index (χ4n) is 7.17. The van der Waals surface area contributed by atoms with Crippen molar-refractivity contribution in [2.75, 3.05) is 13.1 Å². The summed E-state index contributed by atoms with van der Waals surface area (Å²) in [6.07, 6.45) is 0.619. The Balaban J connectivity index is 2.36. The number of aliphatic carboxylic acids is 1. The summed E-state index contributed by atoms with van der Waals surface area (Å²) in [6, 6.07) is -6.22. The molecular formula is C47H76N18O12. The number of nitrogens with two attached hydrogens (primary N) is 6. The van der Waals surface area contributed by atoms with E-state index in [9.17, 15) is 57.8 Å². The van der Waals surface area contributed by atoms with E-state index in [1.165, 1.54) is 34.6 Å². The highest BCUT2D eigenvalue weighted by Gasteiger charge is 2.35. The Hall–Kier alpha value is -8.57. The summed E-state index contributed by atoms with van der Waals surface area (Å²) in [5.74, 6) is -11.3. The largest absolute Gasteiger partial charge is 0.480 e. The zero-order valence-corrected chi connectivity index (χ0v) is 44.2. The number of guanidine groups is 2. The maximum Gasteiger partial charge on any atom is 0.325 e. The number of nitrogens with zero attached hydrogens (tertiary/aromatic N) is 2. The van der Waals surface area contributed by atoms with E-state index in [-0.39, 0.29) is 57.1 Å². The van der Waals surface area contributed by atoms with Gasteiger partial charge in [0.05, 0.1) is 12.5 Å². The summed E-state index contributed by atoms with van der Waals surface area (Å²) in [7, 11) is 0. The zero-order valence-electron chi connectivity index (χ0n) is 44.2. The lowest BCUT2D eigenvalue weighted by atomic mass is 10.0. The van der Waals surface area contributed by atoms with Crippen LogP contribution in [-0.2, 0) is 59.2 Å². The number of carboxylic acids is 1. The van der Waals surface area contributed by atoms with Crippen LogP contribution in [0.3, 0.4) is 0 Å². The molecule has 2 rings (SSSR count). The van der Waals surface area contributed by atoms with Crippen molar-refractivity contribution in [3.8, 4) is 0 Å². The van der Waals surface area contributed by atoms with E-state index >= 15 is 0 Å².